The number of nitrogens with one attached hydrogen (secondary N) is 2. The van der Waals surface area contributed by atoms with Gasteiger partial charge in [-0.15, -0.1) is 0 Å². The summed E-state index contributed by atoms with van der Waals surface area (Å²) in [6.07, 6.45) is 1.52. The van der Waals surface area contributed by atoms with E-state index in [0.29, 0.717) is 22.2 Å². The molecule has 6 nitrogen and oxygen atoms in total. The largest absolute Gasteiger partial charge is 0.493 e. The van der Waals surface area contributed by atoms with Crippen LogP contribution in [0.1, 0.15) is 5.56 Å². The van der Waals surface area contributed by atoms with Crippen LogP contribution >= 0.6 is 11.6 Å². The third kappa shape index (κ3) is 4.89. The van der Waals surface area contributed by atoms with Crippen LogP contribution in [0.2, 0.25) is 5.02 Å². The lowest BCUT2D eigenvalue weighted by molar-refractivity contribution is -0.119. The first-order chi connectivity index (χ1) is 11.6. The Bertz CT molecular complexity index is 735. The number of hydrazone groups is 1. The Labute approximate surface area is 145 Å². The van der Waals surface area contributed by atoms with Crippen molar-refractivity contribution in [1.82, 2.24) is 5.43 Å². The molecular formula is C17H18ClN3O3. The molecule has 126 valence electrons. The number of amides is 1. The summed E-state index contributed by atoms with van der Waals surface area (Å²) < 4.78 is 10.4. The van der Waals surface area contributed by atoms with E-state index in [0.717, 1.165) is 5.56 Å². The number of ether oxygens (including phenoxy) is 2. The second-order valence-electron chi connectivity index (χ2n) is 4.74. The summed E-state index contributed by atoms with van der Waals surface area (Å²) in [6, 6.07) is 12.5. The normalized spacial score (nSPS) is 10.5. The summed E-state index contributed by atoms with van der Waals surface area (Å²) in [6.45, 7) is 0.0625. The van der Waals surface area contributed by atoms with Gasteiger partial charge in [-0.25, -0.2) is 5.43 Å². The molecule has 0 bridgehead atoms. The van der Waals surface area contributed by atoms with Crippen LogP contribution < -0.4 is 20.2 Å². The number of nitrogens with zero attached hydrogens (tertiary/aromatic N) is 1. The standard InChI is InChI=1S/C17H18ClN3O3/c1-23-15-8-7-12(9-16(15)24-2)10-20-21-17(22)11-19-14-6-4-3-5-13(14)18/h3-10,19H,11H2,1-2H3,(H,21,22)/b20-10-. The van der Waals surface area contributed by atoms with Gasteiger partial charge in [0.2, 0.25) is 0 Å². The molecule has 0 radical (unpaired) electrons. The van der Waals surface area contributed by atoms with Gasteiger partial charge in [0.25, 0.3) is 5.91 Å². The minimum Gasteiger partial charge on any atom is -0.493 e. The van der Waals surface area contributed by atoms with Crippen molar-refractivity contribution in [3.8, 4) is 11.5 Å². The molecule has 0 saturated carbocycles. The van der Waals surface area contributed by atoms with Crippen molar-refractivity contribution in [3.63, 3.8) is 0 Å². The number of para-hydroxylation sites is 1. The summed E-state index contributed by atoms with van der Waals surface area (Å²) in [5, 5.41) is 7.41. The number of rotatable bonds is 7. The third-order valence-corrected chi connectivity index (χ3v) is 3.45. The van der Waals surface area contributed by atoms with E-state index in [1.807, 2.05) is 12.1 Å². The molecule has 0 heterocycles. The molecule has 2 aromatic carbocycles. The van der Waals surface area contributed by atoms with E-state index >= 15 is 0 Å². The highest BCUT2D eigenvalue weighted by Crippen LogP contribution is 2.26. The van der Waals surface area contributed by atoms with Crippen molar-refractivity contribution in [2.75, 3.05) is 26.1 Å². The second kappa shape index (κ2) is 8.79. The molecule has 2 N–H and O–H groups in total. The zero-order valence-electron chi connectivity index (χ0n) is 13.4. The van der Waals surface area contributed by atoms with Gasteiger partial charge in [-0.1, -0.05) is 23.7 Å². The number of anilines is 1. The summed E-state index contributed by atoms with van der Waals surface area (Å²) in [5.41, 5.74) is 3.90. The lowest BCUT2D eigenvalue weighted by atomic mass is 10.2. The minimum absolute atomic E-state index is 0.0625. The first-order valence-electron chi connectivity index (χ1n) is 7.16. The highest BCUT2D eigenvalue weighted by molar-refractivity contribution is 6.33. The number of carbonyl (C=O) groups is 1. The quantitative estimate of drug-likeness (QED) is 0.596. The van der Waals surface area contributed by atoms with Crippen LogP contribution in [-0.2, 0) is 4.79 Å². The topological polar surface area (TPSA) is 72.0 Å². The van der Waals surface area contributed by atoms with Gasteiger partial charge in [-0.2, -0.15) is 5.10 Å². The number of methoxy groups -OCH3 is 2. The average Bonchev–Trinajstić information content (AvgIpc) is 2.61. The monoisotopic (exact) mass is 347 g/mol. The lowest BCUT2D eigenvalue weighted by Gasteiger charge is -2.08. The maximum atomic E-state index is 11.8. The molecule has 0 unspecified atom stereocenters. The summed E-state index contributed by atoms with van der Waals surface area (Å²) in [5.74, 6) is 0.933. The van der Waals surface area contributed by atoms with Crippen molar-refractivity contribution < 1.29 is 14.3 Å². The zero-order chi connectivity index (χ0) is 17.4. The fraction of sp³-hybridized carbons (Fsp3) is 0.176. The molecule has 0 fully saturated rings. The van der Waals surface area contributed by atoms with Gasteiger partial charge in [0.05, 0.1) is 37.7 Å². The fourth-order valence-electron chi connectivity index (χ4n) is 1.93. The zero-order valence-corrected chi connectivity index (χ0v) is 14.1. The highest BCUT2D eigenvalue weighted by Gasteiger charge is 2.04. The molecule has 0 aliphatic rings. The summed E-state index contributed by atoms with van der Waals surface area (Å²) in [7, 11) is 3.12. The highest BCUT2D eigenvalue weighted by atomic mass is 35.5. The van der Waals surface area contributed by atoms with Gasteiger partial charge in [-0.05, 0) is 35.9 Å². The predicted octanol–water partition coefficient (Wildman–Crippen LogP) is 2.92. The Kier molecular flexibility index (Phi) is 6.45. The predicted molar refractivity (Wildman–Crippen MR) is 95.2 cm³/mol. The van der Waals surface area contributed by atoms with Gasteiger partial charge in [0, 0.05) is 0 Å². The van der Waals surface area contributed by atoms with Crippen LogP contribution in [0.25, 0.3) is 0 Å². The summed E-state index contributed by atoms with van der Waals surface area (Å²) >= 11 is 6.00. The molecule has 1 amide bonds. The molecule has 24 heavy (non-hydrogen) atoms. The number of hydrogen-bond donors (Lipinski definition) is 2. The molecule has 0 aliphatic heterocycles. The Morgan fingerprint density at radius 3 is 2.62 bits per heavy atom. The number of halogens is 1. The summed E-state index contributed by atoms with van der Waals surface area (Å²) in [4.78, 5) is 11.8. The van der Waals surface area contributed by atoms with Crippen molar-refractivity contribution >= 4 is 29.4 Å². The SMILES string of the molecule is COc1ccc(/C=N\NC(=O)CNc2ccccc2Cl)cc1OC. The van der Waals surface area contributed by atoms with E-state index in [9.17, 15) is 4.79 Å². The van der Waals surface area contributed by atoms with Crippen LogP contribution in [0.5, 0.6) is 11.5 Å². The Hall–Kier alpha value is -2.73. The van der Waals surface area contributed by atoms with Crippen molar-refractivity contribution in [3.05, 3.63) is 53.1 Å². The number of carbonyl (C=O) groups excluding carboxylic acids is 1. The van der Waals surface area contributed by atoms with Crippen LogP contribution in [-0.4, -0.2) is 32.9 Å². The van der Waals surface area contributed by atoms with Crippen LogP contribution in [0.4, 0.5) is 5.69 Å². The van der Waals surface area contributed by atoms with Crippen molar-refractivity contribution in [1.29, 1.82) is 0 Å². The van der Waals surface area contributed by atoms with Crippen LogP contribution in [0.15, 0.2) is 47.6 Å². The van der Waals surface area contributed by atoms with Gasteiger partial charge in [0.15, 0.2) is 11.5 Å². The number of hydrogen-bond acceptors (Lipinski definition) is 5. The molecular weight excluding hydrogens is 330 g/mol. The maximum Gasteiger partial charge on any atom is 0.259 e. The fourth-order valence-corrected chi connectivity index (χ4v) is 2.13. The Morgan fingerprint density at radius 2 is 1.92 bits per heavy atom. The lowest BCUT2D eigenvalue weighted by Crippen LogP contribution is -2.25. The molecule has 0 aromatic heterocycles. The van der Waals surface area contributed by atoms with Crippen LogP contribution in [0, 0.1) is 0 Å². The third-order valence-electron chi connectivity index (χ3n) is 3.12. The Morgan fingerprint density at radius 1 is 1.17 bits per heavy atom. The molecule has 2 rings (SSSR count). The average molecular weight is 348 g/mol. The van der Waals surface area contributed by atoms with Crippen molar-refractivity contribution in [2.24, 2.45) is 5.10 Å². The van der Waals surface area contributed by atoms with E-state index in [-0.39, 0.29) is 12.5 Å². The molecule has 2 aromatic rings. The maximum absolute atomic E-state index is 11.8. The molecule has 0 saturated heterocycles. The first-order valence-corrected chi connectivity index (χ1v) is 7.54. The van der Waals surface area contributed by atoms with Gasteiger partial charge >= 0.3 is 0 Å². The molecule has 7 heteroatoms. The van der Waals surface area contributed by atoms with Gasteiger partial charge in [-0.3, -0.25) is 4.79 Å². The first kappa shape index (κ1) is 17.6. The smallest absolute Gasteiger partial charge is 0.259 e. The van der Waals surface area contributed by atoms with E-state index in [4.69, 9.17) is 21.1 Å². The van der Waals surface area contributed by atoms with Gasteiger partial charge in [0.1, 0.15) is 0 Å². The Balaban J connectivity index is 1.87. The number of benzene rings is 2. The minimum atomic E-state index is -0.286. The van der Waals surface area contributed by atoms with E-state index in [2.05, 4.69) is 15.8 Å². The molecule has 0 spiro atoms. The molecule has 0 atom stereocenters. The van der Waals surface area contributed by atoms with E-state index < -0.39 is 0 Å². The molecule has 0 aliphatic carbocycles. The van der Waals surface area contributed by atoms with Crippen molar-refractivity contribution in [2.45, 2.75) is 0 Å². The van der Waals surface area contributed by atoms with Crippen LogP contribution in [0.3, 0.4) is 0 Å². The van der Waals surface area contributed by atoms with Gasteiger partial charge < -0.3 is 14.8 Å². The second-order valence-corrected chi connectivity index (χ2v) is 5.15. The van der Waals surface area contributed by atoms with E-state index in [1.165, 1.54) is 6.21 Å². The van der Waals surface area contributed by atoms with E-state index in [1.54, 1.807) is 44.6 Å².